The van der Waals surface area contributed by atoms with Crippen molar-refractivity contribution in [2.45, 2.75) is 18.9 Å². The van der Waals surface area contributed by atoms with Gasteiger partial charge in [-0.25, -0.2) is 4.39 Å². The number of piperidine rings is 1. The van der Waals surface area contributed by atoms with Crippen LogP contribution in [0.1, 0.15) is 23.2 Å². The maximum Gasteiger partial charge on any atom is 0.251 e. The van der Waals surface area contributed by atoms with Crippen molar-refractivity contribution >= 4 is 11.7 Å². The lowest BCUT2D eigenvalue weighted by Gasteiger charge is -2.33. The van der Waals surface area contributed by atoms with Gasteiger partial charge in [0.25, 0.3) is 5.91 Å². The van der Waals surface area contributed by atoms with Gasteiger partial charge in [-0.3, -0.25) is 9.89 Å². The zero-order valence-electron chi connectivity index (χ0n) is 17.5. The Labute approximate surface area is 180 Å². The second-order valence-corrected chi connectivity index (χ2v) is 7.51. The zero-order valence-corrected chi connectivity index (χ0v) is 17.5. The van der Waals surface area contributed by atoms with E-state index >= 15 is 0 Å². The Bertz CT molecular complexity index is 1030. The SMILES string of the molecule is COc1cc(OC)cc(C(=O)N[C@H]2CCCN(c3cc(-c4ccc(F)cc4)[nH]n3)C2)c1. The molecule has 2 heterocycles. The van der Waals surface area contributed by atoms with Crippen molar-refractivity contribution in [3.63, 3.8) is 0 Å². The van der Waals surface area contributed by atoms with Crippen LogP contribution in [0, 0.1) is 5.82 Å². The molecule has 1 aliphatic heterocycles. The molecule has 4 rings (SSSR count). The van der Waals surface area contributed by atoms with Crippen LogP contribution in [0.25, 0.3) is 11.3 Å². The summed E-state index contributed by atoms with van der Waals surface area (Å²) in [6.07, 6.45) is 1.82. The van der Waals surface area contributed by atoms with Crippen molar-refractivity contribution in [3.05, 3.63) is 59.9 Å². The molecule has 162 valence electrons. The summed E-state index contributed by atoms with van der Waals surface area (Å²) in [7, 11) is 3.11. The van der Waals surface area contributed by atoms with Crippen LogP contribution in [0.15, 0.2) is 48.5 Å². The van der Waals surface area contributed by atoms with Crippen LogP contribution in [0.2, 0.25) is 0 Å². The van der Waals surface area contributed by atoms with Gasteiger partial charge in [0, 0.05) is 36.8 Å². The van der Waals surface area contributed by atoms with Gasteiger partial charge in [-0.15, -0.1) is 0 Å². The molecule has 1 fully saturated rings. The number of methoxy groups -OCH3 is 2. The van der Waals surface area contributed by atoms with E-state index in [0.717, 1.165) is 36.5 Å². The van der Waals surface area contributed by atoms with Crippen LogP contribution in [-0.4, -0.2) is 49.5 Å². The first-order chi connectivity index (χ1) is 15.1. The minimum Gasteiger partial charge on any atom is -0.497 e. The van der Waals surface area contributed by atoms with E-state index in [4.69, 9.17) is 9.47 Å². The predicted molar refractivity (Wildman–Crippen MR) is 116 cm³/mol. The van der Waals surface area contributed by atoms with Crippen molar-refractivity contribution in [1.29, 1.82) is 0 Å². The summed E-state index contributed by atoms with van der Waals surface area (Å²) in [5.74, 6) is 1.50. The lowest BCUT2D eigenvalue weighted by molar-refractivity contribution is 0.0932. The van der Waals surface area contributed by atoms with E-state index in [1.165, 1.54) is 12.1 Å². The Morgan fingerprint density at radius 1 is 1.13 bits per heavy atom. The van der Waals surface area contributed by atoms with Gasteiger partial charge in [-0.05, 0) is 54.8 Å². The number of hydrogen-bond donors (Lipinski definition) is 2. The fourth-order valence-electron chi connectivity index (χ4n) is 3.76. The van der Waals surface area contributed by atoms with Crippen LogP contribution in [-0.2, 0) is 0 Å². The van der Waals surface area contributed by atoms with Gasteiger partial charge in [-0.1, -0.05) is 0 Å². The highest BCUT2D eigenvalue weighted by Gasteiger charge is 2.24. The molecule has 8 heteroatoms. The van der Waals surface area contributed by atoms with Crippen LogP contribution in [0.4, 0.5) is 10.2 Å². The molecule has 0 bridgehead atoms. The third-order valence-electron chi connectivity index (χ3n) is 5.41. The average Bonchev–Trinajstić information content (AvgIpc) is 3.29. The molecule has 0 aliphatic carbocycles. The van der Waals surface area contributed by atoms with Crippen LogP contribution in [0.5, 0.6) is 11.5 Å². The number of aromatic nitrogens is 2. The number of aromatic amines is 1. The number of nitrogens with one attached hydrogen (secondary N) is 2. The molecule has 31 heavy (non-hydrogen) atoms. The largest absolute Gasteiger partial charge is 0.497 e. The molecule has 1 aliphatic rings. The van der Waals surface area contributed by atoms with Crippen LogP contribution in [0.3, 0.4) is 0 Å². The first kappa shape index (κ1) is 20.7. The Morgan fingerprint density at radius 2 is 1.84 bits per heavy atom. The summed E-state index contributed by atoms with van der Waals surface area (Å²) in [4.78, 5) is 15.0. The van der Waals surface area contributed by atoms with E-state index in [1.807, 2.05) is 6.07 Å². The summed E-state index contributed by atoms with van der Waals surface area (Å²) in [6.45, 7) is 1.51. The second kappa shape index (κ2) is 9.07. The summed E-state index contributed by atoms with van der Waals surface area (Å²) < 4.78 is 23.7. The third-order valence-corrected chi connectivity index (χ3v) is 5.41. The van der Waals surface area contributed by atoms with Crippen molar-refractivity contribution in [2.75, 3.05) is 32.2 Å². The van der Waals surface area contributed by atoms with Crippen LogP contribution < -0.4 is 19.7 Å². The summed E-state index contributed by atoms with van der Waals surface area (Å²) in [5, 5.41) is 10.5. The molecule has 1 saturated heterocycles. The monoisotopic (exact) mass is 424 g/mol. The van der Waals surface area contributed by atoms with Crippen molar-refractivity contribution in [2.24, 2.45) is 0 Å². The van der Waals surface area contributed by atoms with E-state index in [-0.39, 0.29) is 17.8 Å². The zero-order chi connectivity index (χ0) is 21.8. The normalized spacial score (nSPS) is 16.1. The fourth-order valence-corrected chi connectivity index (χ4v) is 3.76. The fraction of sp³-hybridized carbons (Fsp3) is 0.304. The molecule has 2 N–H and O–H groups in total. The third kappa shape index (κ3) is 4.79. The summed E-state index contributed by atoms with van der Waals surface area (Å²) in [5.41, 5.74) is 2.19. The summed E-state index contributed by atoms with van der Waals surface area (Å²) in [6, 6.07) is 13.3. The Hall–Kier alpha value is -3.55. The molecule has 1 atom stereocenters. The predicted octanol–water partition coefficient (Wildman–Crippen LogP) is 3.63. The van der Waals surface area contributed by atoms with E-state index in [2.05, 4.69) is 20.4 Å². The maximum absolute atomic E-state index is 13.2. The van der Waals surface area contributed by atoms with Gasteiger partial charge in [0.2, 0.25) is 0 Å². The first-order valence-electron chi connectivity index (χ1n) is 10.2. The minimum absolute atomic E-state index is 0.00980. The molecule has 0 radical (unpaired) electrons. The molecular formula is C23H25FN4O3. The number of amides is 1. The van der Waals surface area contributed by atoms with E-state index in [0.29, 0.717) is 23.6 Å². The minimum atomic E-state index is -0.272. The number of anilines is 1. The number of carbonyl (C=O) groups excluding carboxylic acids is 1. The number of benzene rings is 2. The number of nitrogens with zero attached hydrogens (tertiary/aromatic N) is 2. The molecule has 0 saturated carbocycles. The smallest absolute Gasteiger partial charge is 0.251 e. The van der Waals surface area contributed by atoms with E-state index in [1.54, 1.807) is 44.6 Å². The molecule has 0 unspecified atom stereocenters. The topological polar surface area (TPSA) is 79.5 Å². The summed E-state index contributed by atoms with van der Waals surface area (Å²) >= 11 is 0. The van der Waals surface area contributed by atoms with Gasteiger partial charge in [0.05, 0.1) is 19.9 Å². The highest BCUT2D eigenvalue weighted by molar-refractivity contribution is 5.95. The molecule has 2 aromatic carbocycles. The van der Waals surface area contributed by atoms with Crippen molar-refractivity contribution < 1.29 is 18.7 Å². The molecule has 1 amide bonds. The molecule has 7 nitrogen and oxygen atoms in total. The molecule has 0 spiro atoms. The average molecular weight is 424 g/mol. The molecule has 1 aromatic heterocycles. The number of ether oxygens (including phenoxy) is 2. The van der Waals surface area contributed by atoms with Crippen LogP contribution >= 0.6 is 0 Å². The lowest BCUT2D eigenvalue weighted by atomic mass is 10.0. The Morgan fingerprint density at radius 3 is 2.52 bits per heavy atom. The quantitative estimate of drug-likeness (QED) is 0.632. The molecule has 3 aromatic rings. The standard InChI is InChI=1S/C23H25FN4O3/c1-30-19-10-16(11-20(12-19)31-2)23(29)25-18-4-3-9-28(14-18)22-13-21(26-27-22)15-5-7-17(24)8-6-15/h5-8,10-13,18H,3-4,9,14H2,1-2H3,(H,25,29)(H,26,27)/t18-/m0/s1. The Balaban J connectivity index is 1.43. The second-order valence-electron chi connectivity index (χ2n) is 7.51. The number of hydrogen-bond acceptors (Lipinski definition) is 5. The highest BCUT2D eigenvalue weighted by Crippen LogP contribution is 2.25. The maximum atomic E-state index is 13.2. The van der Waals surface area contributed by atoms with Gasteiger partial charge < -0.3 is 19.7 Å². The van der Waals surface area contributed by atoms with E-state index in [9.17, 15) is 9.18 Å². The molecular weight excluding hydrogens is 399 g/mol. The van der Waals surface area contributed by atoms with Crippen molar-refractivity contribution in [1.82, 2.24) is 15.5 Å². The van der Waals surface area contributed by atoms with Gasteiger partial charge >= 0.3 is 0 Å². The lowest BCUT2D eigenvalue weighted by Crippen LogP contribution is -2.48. The number of H-pyrrole nitrogens is 1. The van der Waals surface area contributed by atoms with Gasteiger partial charge in [-0.2, -0.15) is 5.10 Å². The van der Waals surface area contributed by atoms with Gasteiger partial charge in [0.1, 0.15) is 17.3 Å². The highest BCUT2D eigenvalue weighted by atomic mass is 19.1. The van der Waals surface area contributed by atoms with Crippen molar-refractivity contribution in [3.8, 4) is 22.8 Å². The Kier molecular flexibility index (Phi) is 6.06. The van der Waals surface area contributed by atoms with E-state index < -0.39 is 0 Å². The number of halogens is 1. The first-order valence-corrected chi connectivity index (χ1v) is 10.2. The number of carbonyl (C=O) groups is 1. The van der Waals surface area contributed by atoms with Gasteiger partial charge in [0.15, 0.2) is 5.82 Å². The number of rotatable bonds is 6.